The van der Waals surface area contributed by atoms with Crippen LogP contribution in [0.3, 0.4) is 0 Å². The van der Waals surface area contributed by atoms with Crippen LogP contribution in [0.15, 0.2) is 102 Å². The number of aromatic nitrogens is 4. The van der Waals surface area contributed by atoms with Gasteiger partial charge in [0.25, 0.3) is 5.91 Å². The molecule has 3 aromatic carbocycles. The summed E-state index contributed by atoms with van der Waals surface area (Å²) in [5.41, 5.74) is -7.58. The minimum atomic E-state index is -2.48. The van der Waals surface area contributed by atoms with Crippen molar-refractivity contribution in [2.75, 3.05) is 49.7 Å². The lowest BCUT2D eigenvalue weighted by Crippen LogP contribution is -2.81. The van der Waals surface area contributed by atoms with Crippen LogP contribution in [0.4, 0.5) is 5.82 Å². The zero-order valence-electron chi connectivity index (χ0n) is 58.3. The molecule has 4 fully saturated rings. The van der Waals surface area contributed by atoms with E-state index in [4.69, 9.17) is 33.4 Å². The molecular formula is C73H89N7O19S. The van der Waals surface area contributed by atoms with Crippen LogP contribution in [0.25, 0.3) is 17.1 Å². The van der Waals surface area contributed by atoms with Gasteiger partial charge < -0.3 is 69.1 Å². The molecule has 4 heterocycles. The van der Waals surface area contributed by atoms with Gasteiger partial charge in [-0.15, -0.1) is 22.0 Å². The lowest BCUT2D eigenvalue weighted by Gasteiger charge is -2.67. The zero-order valence-corrected chi connectivity index (χ0v) is 59.1. The summed E-state index contributed by atoms with van der Waals surface area (Å²) in [7, 11) is 1.88. The maximum atomic E-state index is 15.5. The molecule has 0 radical (unpaired) electrons. The number of ketones is 1. The minimum Gasteiger partial charge on any atom is -0.508 e. The molecule has 5 aliphatic rings. The van der Waals surface area contributed by atoms with Gasteiger partial charge in [0, 0.05) is 69.9 Å². The van der Waals surface area contributed by atoms with Crippen LogP contribution in [0.1, 0.15) is 152 Å². The van der Waals surface area contributed by atoms with Crippen molar-refractivity contribution in [2.45, 2.75) is 180 Å². The first-order valence-electron chi connectivity index (χ1n) is 33.6. The van der Waals surface area contributed by atoms with Crippen LogP contribution >= 0.6 is 11.8 Å². The third-order valence-corrected chi connectivity index (χ3v) is 21.3. The second-order valence-corrected chi connectivity index (χ2v) is 29.5. The topological polar surface area (TPSA) is 355 Å². The predicted octanol–water partition coefficient (Wildman–Crippen LogP) is 6.85. The number of carbonyl (C=O) groups is 8. The average molecular weight is 1400 g/mol. The molecule has 6 N–H and O–H groups in total. The molecule has 1 unspecified atom stereocenters. The predicted molar refractivity (Wildman–Crippen MR) is 364 cm³/mol. The van der Waals surface area contributed by atoms with Crippen LogP contribution in [0.2, 0.25) is 0 Å². The molecular weight excluding hydrogens is 1310 g/mol. The molecule has 5 aromatic rings. The van der Waals surface area contributed by atoms with Crippen molar-refractivity contribution in [1.29, 1.82) is 0 Å². The third kappa shape index (κ3) is 14.2. The van der Waals surface area contributed by atoms with Crippen molar-refractivity contribution in [3.63, 3.8) is 0 Å². The lowest BCUT2D eigenvalue weighted by molar-refractivity contribution is -0.346. The van der Waals surface area contributed by atoms with Gasteiger partial charge in [0.2, 0.25) is 17.8 Å². The number of amides is 2. The summed E-state index contributed by atoms with van der Waals surface area (Å²) >= 11 is 0.939. The van der Waals surface area contributed by atoms with E-state index in [2.05, 4.69) is 15.5 Å². The maximum absolute atomic E-state index is 15.5. The molecule has 27 heteroatoms. The lowest BCUT2D eigenvalue weighted by atomic mass is 9.44. The van der Waals surface area contributed by atoms with E-state index in [1.807, 2.05) is 25.8 Å². The monoisotopic (exact) mass is 1400 g/mol. The molecule has 3 aliphatic carbocycles. The first-order valence-corrected chi connectivity index (χ1v) is 34.7. The van der Waals surface area contributed by atoms with Crippen molar-refractivity contribution in [3.05, 3.63) is 125 Å². The van der Waals surface area contributed by atoms with Gasteiger partial charge in [0.1, 0.15) is 52.9 Å². The van der Waals surface area contributed by atoms with E-state index in [1.54, 1.807) is 106 Å². The number of esters is 5. The van der Waals surface area contributed by atoms with Gasteiger partial charge in [-0.1, -0.05) is 76.2 Å². The van der Waals surface area contributed by atoms with E-state index >= 15 is 9.59 Å². The van der Waals surface area contributed by atoms with Crippen molar-refractivity contribution in [2.24, 2.45) is 16.7 Å². The number of hydrogen-bond donors (Lipinski definition) is 6. The summed E-state index contributed by atoms with van der Waals surface area (Å²) in [4.78, 5) is 123. The number of rotatable bonds is 21. The Morgan fingerprint density at radius 1 is 0.880 bits per heavy atom. The van der Waals surface area contributed by atoms with Crippen LogP contribution in [0.5, 0.6) is 11.5 Å². The molecule has 2 bridgehead atoms. The van der Waals surface area contributed by atoms with Crippen LogP contribution in [-0.2, 0) is 57.2 Å². The minimum absolute atomic E-state index is 0.0331. The number of fused-ring (bicyclic) bond motifs is 5. The largest absolute Gasteiger partial charge is 0.508 e. The maximum Gasteiger partial charge on any atom is 0.348 e. The normalized spacial score (nSPS) is 25.5. The number of anilines is 1. The summed E-state index contributed by atoms with van der Waals surface area (Å²) < 4.78 is 38.3. The molecule has 2 saturated heterocycles. The SMILES string of the molecule is CCNC(=O)c1nnc(-c2cc(C(C)C)c(O)cc2O)n1-c1ccc(N(C)C2CCN(C(=O)CSCC(=O)O[C@@H](C(=O)O[C@H]3C[C@@]4(O)[C@@H](OC(=O)c5ccccc5)[C@@H]5[C@]6(OC(C)=O)CO[C@@H]6C[C@H](O)[C@@]5(C)C(=O)C(O)C(=C3C)C4(C)C)[C@@H](CC(=O)OC(C)(C)C)c3ccccc3)CC2)nc1. The fourth-order valence-electron chi connectivity index (χ4n) is 15.2. The molecule has 2 saturated carbocycles. The van der Waals surface area contributed by atoms with Crippen molar-refractivity contribution < 1.29 is 92.3 Å². The Morgan fingerprint density at radius 2 is 1.55 bits per heavy atom. The Kier molecular flexibility index (Phi) is 21.5. The van der Waals surface area contributed by atoms with E-state index in [0.29, 0.717) is 55.1 Å². The second-order valence-electron chi connectivity index (χ2n) is 28.5. The number of carbonyl (C=O) groups excluding carboxylic acids is 8. The molecule has 536 valence electrons. The van der Waals surface area contributed by atoms with Gasteiger partial charge in [-0.3, -0.25) is 33.3 Å². The zero-order chi connectivity index (χ0) is 72.7. The van der Waals surface area contributed by atoms with Gasteiger partial charge in [0.05, 0.1) is 65.0 Å². The van der Waals surface area contributed by atoms with Crippen LogP contribution in [-0.4, -0.2) is 202 Å². The molecule has 2 aromatic heterocycles. The Labute approximate surface area is 584 Å². The average Bonchev–Trinajstić information content (AvgIpc) is 0.682. The number of ether oxygens (including phenoxy) is 6. The van der Waals surface area contributed by atoms with Crippen molar-refractivity contribution in [1.82, 2.24) is 30.0 Å². The van der Waals surface area contributed by atoms with E-state index in [-0.39, 0.29) is 82.1 Å². The number of hydrogen-bond acceptors (Lipinski definition) is 24. The highest BCUT2D eigenvalue weighted by atomic mass is 32.2. The van der Waals surface area contributed by atoms with Crippen LogP contribution < -0.4 is 10.2 Å². The number of phenolic OH excluding ortho intramolecular Hbond substituents is 2. The Hall–Kier alpha value is -8.76. The second kappa shape index (κ2) is 29.1. The van der Waals surface area contributed by atoms with E-state index < -0.39 is 136 Å². The first-order chi connectivity index (χ1) is 47.2. The van der Waals surface area contributed by atoms with E-state index in [1.165, 1.54) is 50.5 Å². The Balaban J connectivity index is 0.877. The number of benzene rings is 3. The summed E-state index contributed by atoms with van der Waals surface area (Å²) in [6, 6.07) is 22.4. The molecule has 26 nitrogen and oxygen atoms in total. The highest BCUT2D eigenvalue weighted by Crippen LogP contribution is 2.64. The number of aliphatic hydroxyl groups excluding tert-OH is 2. The van der Waals surface area contributed by atoms with Gasteiger partial charge in [-0.2, -0.15) is 0 Å². The molecule has 10 rings (SSSR count). The fourth-order valence-corrected chi connectivity index (χ4v) is 15.9. The van der Waals surface area contributed by atoms with Crippen LogP contribution in [0, 0.1) is 16.7 Å². The number of pyridine rings is 1. The summed E-state index contributed by atoms with van der Waals surface area (Å²) in [5, 5.41) is 71.6. The number of phenols is 2. The summed E-state index contributed by atoms with van der Waals surface area (Å²) in [5.74, 6) is -9.78. The molecule has 11 atom stereocenters. The van der Waals surface area contributed by atoms with E-state index in [0.717, 1.165) is 18.7 Å². The first kappa shape index (κ1) is 73.9. The standard InChI is InChI=1S/C73H89N7O19S/c1-13-74-66(90)65-77-76-64(48-30-46(39(2)3)49(82)32-50(48)83)80(65)45-24-25-54(75-35-45)78(12)44-26-28-79(29-27-44)55(85)36-100-37-57(87)96-60(47(42-20-16-14-17-21-42)31-56(86)99-69(6,7)8)68(92)95-51-34-73(93)63(97-67(91)43-22-18-15-19-23-43)61-71(11,62(89)59(88)58(40(51)4)70(73,9)10)52(84)33-53-72(61,38-94-53)98-41(5)81/h14-25,30,32,35,39,44,47,51-53,59-61,63,82-84,88,93H,13,26-29,31,33-34,36-38H2,1-12H3,(H,74,90)/t47-,51-,52-,53+,59?,60+,61-,63-,71+,72-,73+/m0/s1. The highest BCUT2D eigenvalue weighted by molar-refractivity contribution is 8.00. The van der Waals surface area contributed by atoms with Gasteiger partial charge in [-0.05, 0) is 113 Å². The number of likely N-dealkylation sites (tertiary alicyclic amines) is 1. The Morgan fingerprint density at radius 3 is 2.15 bits per heavy atom. The van der Waals surface area contributed by atoms with Gasteiger partial charge in [0.15, 0.2) is 17.2 Å². The highest BCUT2D eigenvalue weighted by Gasteiger charge is 2.78. The number of aromatic hydroxyl groups is 2. The number of Topliss-reactive ketones (excluding diaryl/α,β-unsaturated/α-hetero) is 1. The number of thioether (sulfide) groups is 1. The van der Waals surface area contributed by atoms with Crippen molar-refractivity contribution in [3.8, 4) is 28.6 Å². The van der Waals surface area contributed by atoms with Crippen molar-refractivity contribution >= 4 is 65.0 Å². The molecule has 100 heavy (non-hydrogen) atoms. The van der Waals surface area contributed by atoms with Gasteiger partial charge in [-0.25, -0.2) is 14.6 Å². The Bertz CT molecular complexity index is 3960. The third-order valence-electron chi connectivity index (χ3n) is 20.4. The number of nitrogens with zero attached hydrogens (tertiary/aromatic N) is 6. The quantitative estimate of drug-likeness (QED) is 0.0248. The molecule has 0 spiro atoms. The smallest absolute Gasteiger partial charge is 0.348 e. The summed E-state index contributed by atoms with van der Waals surface area (Å²) in [6.07, 6.45) is -8.98. The van der Waals surface area contributed by atoms with Gasteiger partial charge >= 0.3 is 29.8 Å². The summed E-state index contributed by atoms with van der Waals surface area (Å²) in [6.45, 7) is 18.3. The number of nitrogens with one attached hydrogen (secondary N) is 1. The number of aliphatic hydroxyl groups is 3. The fraction of sp³-hybridized carbons (Fsp3) is 0.521. The molecule has 2 aliphatic heterocycles. The van der Waals surface area contributed by atoms with E-state index in [9.17, 15) is 54.3 Å². The molecule has 2 amide bonds. The number of piperidine rings is 1.